The molecule has 120 valence electrons. The average molecular weight is 319 g/mol. The maximum Gasteiger partial charge on any atom is 0.270 e. The van der Waals surface area contributed by atoms with Crippen LogP contribution >= 0.6 is 0 Å². The Labute approximate surface area is 139 Å². The van der Waals surface area contributed by atoms with E-state index in [-0.39, 0.29) is 11.9 Å². The molecule has 6 heteroatoms. The van der Waals surface area contributed by atoms with Crippen LogP contribution in [0.15, 0.2) is 48.9 Å². The SMILES string of the molecule is Cn1nccc1C(=O)NC1CCc2cc(-c3ncccn3)ccc21. The first kappa shape index (κ1) is 14.6. The van der Waals surface area contributed by atoms with Gasteiger partial charge in [0.25, 0.3) is 5.91 Å². The van der Waals surface area contributed by atoms with Crippen LogP contribution in [0.25, 0.3) is 11.4 Å². The minimum absolute atomic E-state index is 0.0353. The Kier molecular flexibility index (Phi) is 3.57. The van der Waals surface area contributed by atoms with Gasteiger partial charge in [0.15, 0.2) is 5.82 Å². The van der Waals surface area contributed by atoms with E-state index in [1.54, 1.807) is 42.5 Å². The number of carbonyl (C=O) groups is 1. The van der Waals surface area contributed by atoms with Crippen molar-refractivity contribution in [3.63, 3.8) is 0 Å². The first-order chi connectivity index (χ1) is 11.7. The average Bonchev–Trinajstić information content (AvgIpc) is 3.21. The molecule has 2 aromatic heterocycles. The third-order valence-electron chi connectivity index (χ3n) is 4.40. The molecule has 0 fully saturated rings. The number of hydrogen-bond donors (Lipinski definition) is 1. The molecule has 1 aliphatic rings. The van der Waals surface area contributed by atoms with Gasteiger partial charge in [-0.25, -0.2) is 9.97 Å². The number of fused-ring (bicyclic) bond motifs is 1. The number of carbonyl (C=O) groups excluding carboxylic acids is 1. The van der Waals surface area contributed by atoms with Crippen LogP contribution in [-0.4, -0.2) is 25.7 Å². The largest absolute Gasteiger partial charge is 0.344 e. The summed E-state index contributed by atoms with van der Waals surface area (Å²) in [5, 5.41) is 7.15. The summed E-state index contributed by atoms with van der Waals surface area (Å²) in [7, 11) is 1.77. The van der Waals surface area contributed by atoms with E-state index in [4.69, 9.17) is 0 Å². The number of benzene rings is 1. The molecule has 1 aliphatic carbocycles. The van der Waals surface area contributed by atoms with Gasteiger partial charge in [0, 0.05) is 31.2 Å². The summed E-state index contributed by atoms with van der Waals surface area (Å²) in [5.41, 5.74) is 3.99. The highest BCUT2D eigenvalue weighted by molar-refractivity contribution is 5.92. The maximum absolute atomic E-state index is 12.4. The summed E-state index contributed by atoms with van der Waals surface area (Å²) >= 11 is 0. The monoisotopic (exact) mass is 319 g/mol. The number of amides is 1. The lowest BCUT2D eigenvalue weighted by molar-refractivity contribution is 0.0927. The second kappa shape index (κ2) is 5.88. The van der Waals surface area contributed by atoms with E-state index in [2.05, 4.69) is 32.5 Å². The van der Waals surface area contributed by atoms with Crippen LogP contribution in [0.5, 0.6) is 0 Å². The van der Waals surface area contributed by atoms with Crippen molar-refractivity contribution in [1.29, 1.82) is 0 Å². The molecule has 2 heterocycles. The number of aromatic nitrogens is 4. The normalized spacial score (nSPS) is 16.0. The lowest BCUT2D eigenvalue weighted by Gasteiger charge is -2.14. The number of nitrogens with one attached hydrogen (secondary N) is 1. The molecular weight excluding hydrogens is 302 g/mol. The molecule has 4 rings (SSSR count). The van der Waals surface area contributed by atoms with E-state index in [0.717, 1.165) is 24.2 Å². The van der Waals surface area contributed by atoms with Gasteiger partial charge in [-0.3, -0.25) is 9.48 Å². The molecule has 1 amide bonds. The molecule has 1 atom stereocenters. The van der Waals surface area contributed by atoms with Crippen molar-refractivity contribution in [2.45, 2.75) is 18.9 Å². The Morgan fingerprint density at radius 2 is 2.04 bits per heavy atom. The predicted molar refractivity (Wildman–Crippen MR) is 89.2 cm³/mol. The van der Waals surface area contributed by atoms with Crippen LogP contribution in [0, 0.1) is 0 Å². The Hall–Kier alpha value is -3.02. The number of rotatable bonds is 3. The van der Waals surface area contributed by atoms with Crippen LogP contribution in [0.1, 0.15) is 34.1 Å². The minimum Gasteiger partial charge on any atom is -0.344 e. The molecular formula is C18H17N5O. The van der Waals surface area contributed by atoms with Crippen molar-refractivity contribution in [1.82, 2.24) is 25.1 Å². The quantitative estimate of drug-likeness (QED) is 0.804. The minimum atomic E-state index is -0.0941. The zero-order valence-corrected chi connectivity index (χ0v) is 13.3. The first-order valence-corrected chi connectivity index (χ1v) is 7.91. The fourth-order valence-electron chi connectivity index (χ4n) is 3.18. The van der Waals surface area contributed by atoms with E-state index in [1.807, 2.05) is 6.07 Å². The Balaban J connectivity index is 1.57. The second-order valence-corrected chi connectivity index (χ2v) is 5.89. The zero-order valence-electron chi connectivity index (χ0n) is 13.3. The number of aryl methyl sites for hydroxylation is 2. The maximum atomic E-state index is 12.4. The highest BCUT2D eigenvalue weighted by Crippen LogP contribution is 2.33. The predicted octanol–water partition coefficient (Wildman–Crippen LogP) is 2.29. The first-order valence-electron chi connectivity index (χ1n) is 7.91. The van der Waals surface area contributed by atoms with Crippen molar-refractivity contribution in [2.75, 3.05) is 0 Å². The van der Waals surface area contributed by atoms with E-state index in [9.17, 15) is 4.79 Å². The molecule has 6 nitrogen and oxygen atoms in total. The summed E-state index contributed by atoms with van der Waals surface area (Å²) in [4.78, 5) is 21.0. The van der Waals surface area contributed by atoms with Gasteiger partial charge < -0.3 is 5.32 Å². The molecule has 0 saturated heterocycles. The Morgan fingerprint density at radius 1 is 1.21 bits per heavy atom. The van der Waals surface area contributed by atoms with Gasteiger partial charge in [0.2, 0.25) is 0 Å². The molecule has 1 unspecified atom stereocenters. The molecule has 0 bridgehead atoms. The van der Waals surface area contributed by atoms with Crippen molar-refractivity contribution < 1.29 is 4.79 Å². The second-order valence-electron chi connectivity index (χ2n) is 5.89. The van der Waals surface area contributed by atoms with Gasteiger partial charge in [0.05, 0.1) is 6.04 Å². The zero-order chi connectivity index (χ0) is 16.5. The highest BCUT2D eigenvalue weighted by Gasteiger charge is 2.25. The van der Waals surface area contributed by atoms with Gasteiger partial charge in [-0.1, -0.05) is 12.1 Å². The third-order valence-corrected chi connectivity index (χ3v) is 4.40. The Bertz CT molecular complexity index is 887. The van der Waals surface area contributed by atoms with Crippen molar-refractivity contribution in [3.05, 3.63) is 65.7 Å². The Morgan fingerprint density at radius 3 is 2.79 bits per heavy atom. The molecule has 0 radical (unpaired) electrons. The molecule has 0 saturated carbocycles. The molecule has 24 heavy (non-hydrogen) atoms. The molecule has 1 N–H and O–H groups in total. The van der Waals surface area contributed by atoms with Gasteiger partial charge in [-0.05, 0) is 42.2 Å². The van der Waals surface area contributed by atoms with Crippen LogP contribution in [0.2, 0.25) is 0 Å². The molecule has 0 spiro atoms. The highest BCUT2D eigenvalue weighted by atomic mass is 16.2. The smallest absolute Gasteiger partial charge is 0.270 e. The van der Waals surface area contributed by atoms with Crippen LogP contribution in [0.4, 0.5) is 0 Å². The van der Waals surface area contributed by atoms with Gasteiger partial charge in [-0.15, -0.1) is 0 Å². The standard InChI is InChI=1S/C18H17N5O/c1-23-16(7-10-21-23)18(24)22-15-6-4-12-11-13(3-5-14(12)15)17-19-8-2-9-20-17/h2-3,5,7-11,15H,4,6H2,1H3,(H,22,24). The van der Waals surface area contributed by atoms with Crippen LogP contribution in [0.3, 0.4) is 0 Å². The van der Waals surface area contributed by atoms with E-state index >= 15 is 0 Å². The van der Waals surface area contributed by atoms with Crippen molar-refractivity contribution in [2.24, 2.45) is 7.05 Å². The number of hydrogen-bond acceptors (Lipinski definition) is 4. The third kappa shape index (κ3) is 2.56. The van der Waals surface area contributed by atoms with E-state index in [1.165, 1.54) is 11.1 Å². The fraction of sp³-hybridized carbons (Fsp3) is 0.222. The molecule has 1 aromatic carbocycles. The molecule has 0 aliphatic heterocycles. The van der Waals surface area contributed by atoms with Crippen LogP contribution < -0.4 is 5.32 Å². The summed E-state index contributed by atoms with van der Waals surface area (Å²) in [6.45, 7) is 0. The summed E-state index contributed by atoms with van der Waals surface area (Å²) in [6.07, 6.45) is 6.95. The van der Waals surface area contributed by atoms with Crippen molar-refractivity contribution in [3.8, 4) is 11.4 Å². The van der Waals surface area contributed by atoms with Gasteiger partial charge >= 0.3 is 0 Å². The lowest BCUT2D eigenvalue weighted by atomic mass is 10.0. The van der Waals surface area contributed by atoms with Gasteiger partial charge in [0.1, 0.15) is 5.69 Å². The van der Waals surface area contributed by atoms with E-state index < -0.39 is 0 Å². The summed E-state index contributed by atoms with van der Waals surface area (Å²) < 4.78 is 1.58. The van der Waals surface area contributed by atoms with Crippen LogP contribution in [-0.2, 0) is 13.5 Å². The van der Waals surface area contributed by atoms with Gasteiger partial charge in [-0.2, -0.15) is 5.10 Å². The number of nitrogens with zero attached hydrogens (tertiary/aromatic N) is 4. The fourth-order valence-corrected chi connectivity index (χ4v) is 3.18. The summed E-state index contributed by atoms with van der Waals surface area (Å²) in [6, 6.07) is 9.78. The summed E-state index contributed by atoms with van der Waals surface area (Å²) in [5.74, 6) is 0.631. The molecule has 3 aromatic rings. The van der Waals surface area contributed by atoms with E-state index in [0.29, 0.717) is 5.69 Å². The van der Waals surface area contributed by atoms with Crippen molar-refractivity contribution >= 4 is 5.91 Å². The lowest BCUT2D eigenvalue weighted by Crippen LogP contribution is -2.28. The topological polar surface area (TPSA) is 72.7 Å².